The van der Waals surface area contributed by atoms with Gasteiger partial charge in [0.1, 0.15) is 11.6 Å². The lowest BCUT2D eigenvalue weighted by molar-refractivity contribution is -0.133. The number of fused-ring (bicyclic) bond motifs is 5. The molecule has 200 valence electrons. The molecule has 0 aromatic heterocycles. The topological polar surface area (TPSA) is 58.2 Å². The van der Waals surface area contributed by atoms with Crippen LogP contribution in [0, 0.1) is 46.1 Å². The number of nitrogens with one attached hydrogen (secondary N) is 2. The van der Waals surface area contributed by atoms with Gasteiger partial charge < -0.3 is 10.6 Å². The van der Waals surface area contributed by atoms with Crippen LogP contribution in [0.1, 0.15) is 69.5 Å². The van der Waals surface area contributed by atoms with Gasteiger partial charge in [0.2, 0.25) is 5.91 Å². The van der Waals surface area contributed by atoms with Gasteiger partial charge in [-0.05, 0) is 90.7 Å². The number of allylic oxidation sites excluding steroid dienone is 2. The molecular weight excluding hydrogens is 482 g/mol. The van der Waals surface area contributed by atoms with Crippen LogP contribution >= 0.6 is 0 Å². The number of carbonyl (C=O) groups is 2. The summed E-state index contributed by atoms with van der Waals surface area (Å²) >= 11 is 0. The molecule has 38 heavy (non-hydrogen) atoms. The van der Waals surface area contributed by atoms with Gasteiger partial charge in [0.25, 0.3) is 0 Å². The highest BCUT2D eigenvalue weighted by molar-refractivity contribution is 5.91. The number of ketones is 1. The van der Waals surface area contributed by atoms with Crippen molar-refractivity contribution in [2.24, 2.45) is 34.5 Å². The molecule has 2 aromatic rings. The maximum atomic E-state index is 14.0. The van der Waals surface area contributed by atoms with Crippen LogP contribution in [0.2, 0.25) is 0 Å². The van der Waals surface area contributed by atoms with Crippen molar-refractivity contribution in [3.8, 4) is 0 Å². The zero-order chi connectivity index (χ0) is 26.7. The molecule has 1 aliphatic heterocycles. The molecule has 0 radical (unpaired) electrons. The van der Waals surface area contributed by atoms with Crippen LogP contribution in [0.15, 0.2) is 60.3 Å². The molecule has 6 heteroatoms. The lowest BCUT2D eigenvalue weighted by Gasteiger charge is -2.58. The molecular formula is C32H36F2N2O2. The number of halogens is 2. The average molecular weight is 519 g/mol. The largest absolute Gasteiger partial charge is 0.387 e. The lowest BCUT2D eigenvalue weighted by atomic mass is 9.50. The van der Waals surface area contributed by atoms with E-state index in [-0.39, 0.29) is 40.1 Å². The molecule has 1 saturated heterocycles. The smallest absolute Gasteiger partial charge is 0.224 e. The Hall–Kier alpha value is -3.02. The highest BCUT2D eigenvalue weighted by atomic mass is 19.1. The second kappa shape index (κ2) is 9.32. The van der Waals surface area contributed by atoms with Crippen LogP contribution in [0.4, 0.5) is 8.78 Å². The highest BCUT2D eigenvalue weighted by Gasteiger charge is 2.60. The van der Waals surface area contributed by atoms with E-state index >= 15 is 0 Å². The minimum Gasteiger partial charge on any atom is -0.387 e. The third kappa shape index (κ3) is 4.07. The molecule has 2 aromatic carbocycles. The zero-order valence-electron chi connectivity index (χ0n) is 22.1. The van der Waals surface area contributed by atoms with Gasteiger partial charge in [0.15, 0.2) is 5.78 Å². The molecule has 4 aliphatic rings. The normalized spacial score (nSPS) is 34.0. The average Bonchev–Trinajstić information content (AvgIpc) is 3.26. The fourth-order valence-corrected chi connectivity index (χ4v) is 8.49. The van der Waals surface area contributed by atoms with Crippen molar-refractivity contribution >= 4 is 11.7 Å². The number of hydrogen-bond acceptors (Lipinski definition) is 3. The lowest BCUT2D eigenvalue weighted by Crippen LogP contribution is -2.57. The Kier molecular flexibility index (Phi) is 6.20. The molecule has 3 aliphatic carbocycles. The third-order valence-corrected chi connectivity index (χ3v) is 10.6. The molecule has 6 atom stereocenters. The first kappa shape index (κ1) is 25.3. The van der Waals surface area contributed by atoms with Crippen molar-refractivity contribution in [1.82, 2.24) is 10.6 Å². The summed E-state index contributed by atoms with van der Waals surface area (Å²) in [6.45, 7) is 5.49. The predicted molar refractivity (Wildman–Crippen MR) is 142 cm³/mol. The Bertz CT molecular complexity index is 1230. The number of amides is 1. The van der Waals surface area contributed by atoms with E-state index in [4.69, 9.17) is 0 Å². The maximum absolute atomic E-state index is 14.0. The Morgan fingerprint density at radius 1 is 0.921 bits per heavy atom. The summed E-state index contributed by atoms with van der Waals surface area (Å²) in [4.78, 5) is 26.1. The molecule has 0 spiro atoms. The van der Waals surface area contributed by atoms with Gasteiger partial charge in [-0.1, -0.05) is 38.1 Å². The van der Waals surface area contributed by atoms with Crippen LogP contribution in [-0.2, 0) is 9.59 Å². The number of carbonyl (C=O) groups excluding carboxylic acids is 2. The molecule has 1 amide bonds. The standard InChI is InChI=1S/C32H36F2N2O2/c1-31-16-14-26-24(18-35-28-17-23(37)13-15-32(26,28)2)25(31)11-12-27(31)30(38)36-29(19-3-7-21(33)8-4-19)20-5-9-22(34)10-6-20/h3-10,17,24-27,29,35H,11-16,18H2,1-2H3,(H,36,38)/t24?,25?,26?,27-,31+,32-/m1/s1. The molecule has 6 rings (SSSR count). The molecule has 4 nitrogen and oxygen atoms in total. The molecule has 2 saturated carbocycles. The second-order valence-corrected chi connectivity index (χ2v) is 12.4. The van der Waals surface area contributed by atoms with Gasteiger partial charge in [-0.25, -0.2) is 8.78 Å². The van der Waals surface area contributed by atoms with Gasteiger partial charge in [0.05, 0.1) is 6.04 Å². The monoisotopic (exact) mass is 518 g/mol. The van der Waals surface area contributed by atoms with Gasteiger partial charge >= 0.3 is 0 Å². The molecule has 1 heterocycles. The molecule has 3 fully saturated rings. The fraction of sp³-hybridized carbons (Fsp3) is 0.500. The van der Waals surface area contributed by atoms with Crippen LogP contribution in [-0.4, -0.2) is 18.2 Å². The minimum absolute atomic E-state index is 0.00869. The summed E-state index contributed by atoms with van der Waals surface area (Å²) in [5.74, 6) is 0.891. The minimum atomic E-state index is -0.481. The van der Waals surface area contributed by atoms with Crippen LogP contribution in [0.3, 0.4) is 0 Å². The number of piperidine rings is 1. The first-order valence-corrected chi connectivity index (χ1v) is 14.0. The number of hydrogen-bond donors (Lipinski definition) is 2. The van der Waals surface area contributed by atoms with E-state index in [9.17, 15) is 18.4 Å². The summed E-state index contributed by atoms with van der Waals surface area (Å²) < 4.78 is 27.3. The van der Waals surface area contributed by atoms with E-state index in [0.717, 1.165) is 55.5 Å². The third-order valence-electron chi connectivity index (χ3n) is 10.6. The summed E-state index contributed by atoms with van der Waals surface area (Å²) in [5, 5.41) is 6.90. The Labute approximate surface area is 223 Å². The fourth-order valence-electron chi connectivity index (χ4n) is 8.49. The summed E-state index contributed by atoms with van der Waals surface area (Å²) in [6, 6.07) is 11.8. The van der Waals surface area contributed by atoms with E-state index in [0.29, 0.717) is 24.2 Å². The van der Waals surface area contributed by atoms with Gasteiger partial charge in [0, 0.05) is 36.1 Å². The number of benzene rings is 2. The second-order valence-electron chi connectivity index (χ2n) is 12.4. The highest BCUT2D eigenvalue weighted by Crippen LogP contribution is 2.64. The molecule has 2 N–H and O–H groups in total. The first-order valence-electron chi connectivity index (χ1n) is 14.0. The predicted octanol–water partition coefficient (Wildman–Crippen LogP) is 6.09. The maximum Gasteiger partial charge on any atom is 0.224 e. The van der Waals surface area contributed by atoms with Gasteiger partial charge in [-0.3, -0.25) is 9.59 Å². The summed E-state index contributed by atoms with van der Waals surface area (Å²) in [5.41, 5.74) is 2.56. The first-order chi connectivity index (χ1) is 18.2. The van der Waals surface area contributed by atoms with Gasteiger partial charge in [-0.2, -0.15) is 0 Å². The Balaban J connectivity index is 1.25. The van der Waals surface area contributed by atoms with Crippen LogP contribution in [0.25, 0.3) is 0 Å². The van der Waals surface area contributed by atoms with Crippen LogP contribution in [0.5, 0.6) is 0 Å². The van der Waals surface area contributed by atoms with E-state index in [1.54, 1.807) is 24.3 Å². The van der Waals surface area contributed by atoms with E-state index in [1.807, 2.05) is 6.08 Å². The van der Waals surface area contributed by atoms with Crippen molar-refractivity contribution in [3.63, 3.8) is 0 Å². The van der Waals surface area contributed by atoms with Crippen molar-refractivity contribution in [2.45, 2.75) is 58.4 Å². The summed E-state index contributed by atoms with van der Waals surface area (Å²) in [6.07, 6.45) is 7.26. The van der Waals surface area contributed by atoms with Crippen molar-refractivity contribution in [1.29, 1.82) is 0 Å². The summed E-state index contributed by atoms with van der Waals surface area (Å²) in [7, 11) is 0. The Morgan fingerprint density at radius 2 is 1.55 bits per heavy atom. The number of rotatable bonds is 4. The van der Waals surface area contributed by atoms with Crippen molar-refractivity contribution in [3.05, 3.63) is 83.1 Å². The van der Waals surface area contributed by atoms with Crippen molar-refractivity contribution in [2.75, 3.05) is 6.54 Å². The Morgan fingerprint density at radius 3 is 2.18 bits per heavy atom. The zero-order valence-corrected chi connectivity index (χ0v) is 22.1. The quantitative estimate of drug-likeness (QED) is 0.515. The van der Waals surface area contributed by atoms with Gasteiger partial charge in [-0.15, -0.1) is 0 Å². The van der Waals surface area contributed by atoms with Crippen molar-refractivity contribution < 1.29 is 18.4 Å². The van der Waals surface area contributed by atoms with E-state index < -0.39 is 6.04 Å². The SMILES string of the molecule is C[C@]12CCC(=O)C=C1NCC1C2CC[C@@]2(C)C1CC[C@@H]2C(=O)NC(c1ccc(F)cc1)c1ccc(F)cc1. The molecule has 0 bridgehead atoms. The molecule has 3 unspecified atom stereocenters. The van der Waals surface area contributed by atoms with Crippen LogP contribution < -0.4 is 10.6 Å². The van der Waals surface area contributed by atoms with E-state index in [2.05, 4.69) is 24.5 Å². The van der Waals surface area contributed by atoms with E-state index in [1.165, 1.54) is 24.3 Å².